The number of halogens is 1. The average Bonchev–Trinajstić information content (AvgIpc) is 3.15. The summed E-state index contributed by atoms with van der Waals surface area (Å²) >= 11 is 5.84. The lowest BCUT2D eigenvalue weighted by Crippen LogP contribution is -2.33. The van der Waals surface area contributed by atoms with Crippen LogP contribution in [0.15, 0.2) is 53.1 Å². The van der Waals surface area contributed by atoms with Crippen LogP contribution in [0.3, 0.4) is 0 Å². The molecule has 3 aromatic rings. The third kappa shape index (κ3) is 5.47. The normalized spacial score (nSPS) is 10.5. The summed E-state index contributed by atoms with van der Waals surface area (Å²) in [5, 5.41) is 7.46. The Bertz CT molecular complexity index is 927. The summed E-state index contributed by atoms with van der Waals surface area (Å²) in [6, 6.07) is 14.5. The maximum absolute atomic E-state index is 12.3. The monoisotopic (exact) mass is 400 g/mol. The molecule has 1 heterocycles. The molecular weight excluding hydrogens is 380 g/mol. The van der Waals surface area contributed by atoms with Crippen molar-refractivity contribution in [3.05, 3.63) is 70.8 Å². The lowest BCUT2D eigenvalue weighted by atomic mass is 10.2. The second kappa shape index (κ2) is 9.23. The molecule has 0 aliphatic rings. The van der Waals surface area contributed by atoms with E-state index in [2.05, 4.69) is 15.5 Å². The maximum atomic E-state index is 12.3. The molecule has 7 nitrogen and oxygen atoms in total. The number of urea groups is 1. The highest BCUT2D eigenvalue weighted by molar-refractivity contribution is 6.30. The highest BCUT2D eigenvalue weighted by atomic mass is 35.5. The Balaban J connectivity index is 1.46. The predicted octanol–water partition coefficient (Wildman–Crippen LogP) is 4.32. The molecule has 0 radical (unpaired) electrons. The topological polar surface area (TPSA) is 80.5 Å². The van der Waals surface area contributed by atoms with Gasteiger partial charge in [-0.25, -0.2) is 4.79 Å². The minimum absolute atomic E-state index is 0.165. The zero-order chi connectivity index (χ0) is 19.9. The van der Waals surface area contributed by atoms with Crippen molar-refractivity contribution in [2.24, 2.45) is 0 Å². The largest absolute Gasteiger partial charge is 0.484 e. The number of nitrogens with one attached hydrogen (secondary N) is 1. The van der Waals surface area contributed by atoms with Gasteiger partial charge in [-0.3, -0.25) is 0 Å². The number of anilines is 1. The SMILES string of the molecule is Cc1ccccc1NC(=O)N(C)CCc1noc(COc2ccc(Cl)cc2)n1. The van der Waals surface area contributed by atoms with E-state index in [9.17, 15) is 4.79 Å². The Hall–Kier alpha value is -3.06. The van der Waals surface area contributed by atoms with Gasteiger partial charge in [0.25, 0.3) is 5.89 Å². The van der Waals surface area contributed by atoms with Crippen molar-refractivity contribution in [1.29, 1.82) is 0 Å². The standard InChI is InChI=1S/C20H21ClN4O3/c1-14-5-3-4-6-17(14)22-20(26)25(2)12-11-18-23-19(28-24-18)13-27-16-9-7-15(21)8-10-16/h3-10H,11-13H2,1-2H3,(H,22,26). The molecule has 3 rings (SSSR count). The molecule has 0 atom stereocenters. The number of hydrogen-bond acceptors (Lipinski definition) is 5. The zero-order valence-electron chi connectivity index (χ0n) is 15.7. The minimum atomic E-state index is -0.191. The van der Waals surface area contributed by atoms with Gasteiger partial charge in [-0.1, -0.05) is 35.0 Å². The second-order valence-electron chi connectivity index (χ2n) is 6.26. The Morgan fingerprint density at radius 1 is 1.21 bits per heavy atom. The van der Waals surface area contributed by atoms with Crippen molar-refractivity contribution in [3.8, 4) is 5.75 Å². The summed E-state index contributed by atoms with van der Waals surface area (Å²) in [6.45, 7) is 2.57. The van der Waals surface area contributed by atoms with Gasteiger partial charge < -0.3 is 19.5 Å². The van der Waals surface area contributed by atoms with Gasteiger partial charge in [-0.05, 0) is 42.8 Å². The number of benzene rings is 2. The van der Waals surface area contributed by atoms with Gasteiger partial charge in [0.2, 0.25) is 0 Å². The molecule has 0 saturated heterocycles. The van der Waals surface area contributed by atoms with E-state index >= 15 is 0 Å². The van der Waals surface area contributed by atoms with Crippen LogP contribution in [0.4, 0.5) is 10.5 Å². The predicted molar refractivity (Wildman–Crippen MR) is 107 cm³/mol. The van der Waals surface area contributed by atoms with Crippen LogP contribution in [0.25, 0.3) is 0 Å². The highest BCUT2D eigenvalue weighted by Gasteiger charge is 2.13. The van der Waals surface area contributed by atoms with Gasteiger partial charge in [0.15, 0.2) is 12.4 Å². The number of carbonyl (C=O) groups excluding carboxylic acids is 1. The molecule has 0 saturated carbocycles. The first kappa shape index (κ1) is 19.7. The molecule has 0 unspecified atom stereocenters. The van der Waals surface area contributed by atoms with Crippen molar-refractivity contribution < 1.29 is 14.1 Å². The van der Waals surface area contributed by atoms with Crippen LogP contribution in [0.1, 0.15) is 17.3 Å². The van der Waals surface area contributed by atoms with Crippen molar-refractivity contribution in [1.82, 2.24) is 15.0 Å². The Morgan fingerprint density at radius 2 is 1.96 bits per heavy atom. The van der Waals surface area contributed by atoms with Crippen molar-refractivity contribution in [2.45, 2.75) is 20.0 Å². The number of nitrogens with zero attached hydrogens (tertiary/aromatic N) is 3. The van der Waals surface area contributed by atoms with Crippen LogP contribution >= 0.6 is 11.6 Å². The summed E-state index contributed by atoms with van der Waals surface area (Å²) in [7, 11) is 1.72. The molecule has 8 heteroatoms. The first-order chi connectivity index (χ1) is 13.5. The number of likely N-dealkylation sites (N-methyl/N-ethyl adjacent to an activating group) is 1. The summed E-state index contributed by atoms with van der Waals surface area (Å²) in [4.78, 5) is 18.2. The van der Waals surface area contributed by atoms with Crippen molar-refractivity contribution >= 4 is 23.3 Å². The van der Waals surface area contributed by atoms with Gasteiger partial charge in [0, 0.05) is 30.7 Å². The number of rotatable bonds is 7. The number of amides is 2. The lowest BCUT2D eigenvalue weighted by molar-refractivity contribution is 0.222. The minimum Gasteiger partial charge on any atom is -0.484 e. The molecule has 1 aromatic heterocycles. The van der Waals surface area contributed by atoms with E-state index in [1.165, 1.54) is 0 Å². The Kier molecular flexibility index (Phi) is 6.49. The lowest BCUT2D eigenvalue weighted by Gasteiger charge is -2.18. The molecule has 0 aliphatic heterocycles. The van der Waals surface area contributed by atoms with Crippen LogP contribution in [-0.4, -0.2) is 34.7 Å². The number of ether oxygens (including phenoxy) is 1. The number of para-hydroxylation sites is 1. The van der Waals surface area contributed by atoms with Crippen molar-refractivity contribution in [3.63, 3.8) is 0 Å². The molecular formula is C20H21ClN4O3. The van der Waals surface area contributed by atoms with Gasteiger partial charge in [-0.2, -0.15) is 4.98 Å². The fourth-order valence-corrected chi connectivity index (χ4v) is 2.55. The first-order valence-electron chi connectivity index (χ1n) is 8.79. The number of hydrogen-bond donors (Lipinski definition) is 1. The van der Waals surface area contributed by atoms with Gasteiger partial charge in [0.05, 0.1) is 0 Å². The quantitative estimate of drug-likeness (QED) is 0.638. The van der Waals surface area contributed by atoms with Crippen LogP contribution < -0.4 is 10.1 Å². The molecule has 0 spiro atoms. The summed E-state index contributed by atoms with van der Waals surface area (Å²) < 4.78 is 10.8. The second-order valence-corrected chi connectivity index (χ2v) is 6.70. The van der Waals surface area contributed by atoms with E-state index in [1.807, 2.05) is 31.2 Å². The Labute approximate surface area is 168 Å². The molecule has 1 N–H and O–H groups in total. The molecule has 0 aliphatic carbocycles. The Morgan fingerprint density at radius 3 is 2.71 bits per heavy atom. The average molecular weight is 401 g/mol. The van der Waals surface area contributed by atoms with Crippen LogP contribution in [0, 0.1) is 6.92 Å². The van der Waals surface area contributed by atoms with Gasteiger partial charge in [-0.15, -0.1) is 0 Å². The van der Waals surface area contributed by atoms with Gasteiger partial charge in [0.1, 0.15) is 5.75 Å². The maximum Gasteiger partial charge on any atom is 0.321 e. The van der Waals surface area contributed by atoms with E-state index in [4.69, 9.17) is 20.9 Å². The number of aryl methyl sites for hydroxylation is 1. The summed E-state index contributed by atoms with van der Waals surface area (Å²) in [6.07, 6.45) is 0.474. The summed E-state index contributed by atoms with van der Waals surface area (Å²) in [5.74, 6) is 1.55. The molecule has 146 valence electrons. The molecule has 2 aromatic carbocycles. The number of carbonyl (C=O) groups is 1. The fraction of sp³-hybridized carbons (Fsp3) is 0.250. The van der Waals surface area contributed by atoms with Crippen LogP contribution in [0.2, 0.25) is 5.02 Å². The third-order valence-corrected chi connectivity index (χ3v) is 4.34. The van der Waals surface area contributed by atoms with E-state index < -0.39 is 0 Å². The summed E-state index contributed by atoms with van der Waals surface area (Å²) in [5.41, 5.74) is 1.80. The fourth-order valence-electron chi connectivity index (χ4n) is 2.42. The van der Waals surface area contributed by atoms with E-state index in [0.29, 0.717) is 35.5 Å². The molecule has 0 fully saturated rings. The van der Waals surface area contributed by atoms with Crippen LogP contribution in [0.5, 0.6) is 5.75 Å². The molecule has 2 amide bonds. The smallest absolute Gasteiger partial charge is 0.321 e. The van der Waals surface area contributed by atoms with E-state index in [-0.39, 0.29) is 12.6 Å². The number of aromatic nitrogens is 2. The van der Waals surface area contributed by atoms with Crippen molar-refractivity contribution in [2.75, 3.05) is 18.9 Å². The zero-order valence-corrected chi connectivity index (χ0v) is 16.4. The molecule has 0 bridgehead atoms. The van der Waals surface area contributed by atoms with E-state index in [0.717, 1.165) is 11.3 Å². The highest BCUT2D eigenvalue weighted by Crippen LogP contribution is 2.17. The third-order valence-electron chi connectivity index (χ3n) is 4.09. The van der Waals surface area contributed by atoms with E-state index in [1.54, 1.807) is 36.2 Å². The molecule has 28 heavy (non-hydrogen) atoms. The first-order valence-corrected chi connectivity index (χ1v) is 9.16. The van der Waals surface area contributed by atoms with Gasteiger partial charge >= 0.3 is 6.03 Å². The van der Waals surface area contributed by atoms with Crippen LogP contribution in [-0.2, 0) is 13.0 Å².